The number of rotatable bonds is 0. The minimum atomic E-state index is 0.527. The molecule has 16 heavy (non-hydrogen) atoms. The van der Waals surface area contributed by atoms with Gasteiger partial charge in [-0.2, -0.15) is 0 Å². The maximum Gasteiger partial charge on any atom is 0.161 e. The van der Waals surface area contributed by atoms with Gasteiger partial charge in [0.2, 0.25) is 0 Å². The van der Waals surface area contributed by atoms with Crippen molar-refractivity contribution in [1.29, 1.82) is 0 Å². The highest BCUT2D eigenvalue weighted by Gasteiger charge is 2.21. The molecule has 1 unspecified atom stereocenters. The molecular weight excluding hydrogens is 200 g/mol. The third kappa shape index (κ3) is 1.22. The van der Waals surface area contributed by atoms with Gasteiger partial charge in [-0.1, -0.05) is 0 Å². The average molecular weight is 216 g/mol. The number of hydrogen-bond acceptors (Lipinski definition) is 3. The first-order valence-corrected chi connectivity index (χ1v) is 5.74. The lowest BCUT2D eigenvalue weighted by molar-refractivity contribution is 0.677. The first-order chi connectivity index (χ1) is 7.66. The summed E-state index contributed by atoms with van der Waals surface area (Å²) >= 11 is 0. The molecule has 0 fully saturated rings. The molecule has 0 aliphatic carbocycles. The summed E-state index contributed by atoms with van der Waals surface area (Å²) in [4.78, 5) is 9.08. The van der Waals surface area contributed by atoms with E-state index in [0.29, 0.717) is 6.04 Å². The van der Waals surface area contributed by atoms with Gasteiger partial charge >= 0.3 is 0 Å². The molecule has 1 aliphatic heterocycles. The maximum atomic E-state index is 4.63. The van der Waals surface area contributed by atoms with E-state index in [1.807, 2.05) is 17.9 Å². The first-order valence-electron chi connectivity index (χ1n) is 5.74. The van der Waals surface area contributed by atoms with Gasteiger partial charge in [-0.05, 0) is 32.3 Å². The Balaban J connectivity index is 2.34. The van der Waals surface area contributed by atoms with Crippen molar-refractivity contribution in [3.8, 4) is 0 Å². The van der Waals surface area contributed by atoms with Crippen LogP contribution in [-0.4, -0.2) is 20.6 Å². The molecule has 0 amide bonds. The molecule has 84 valence electrons. The zero-order chi connectivity index (χ0) is 11.3. The lowest BCUT2D eigenvalue weighted by atomic mass is 9.97. The Labute approximate surface area is 94.7 Å². The standard InChI is InChI=1S/C12H16N4/c1-7-4-5-9-8(2)15-12-11(10(9)14-7)13-6-16(12)3/h6-7,14H,4-5H2,1-3H3. The summed E-state index contributed by atoms with van der Waals surface area (Å²) in [5, 5.41) is 3.54. The average Bonchev–Trinajstić information content (AvgIpc) is 2.61. The van der Waals surface area contributed by atoms with Gasteiger partial charge in [-0.15, -0.1) is 0 Å². The van der Waals surface area contributed by atoms with Gasteiger partial charge in [0.05, 0.1) is 12.0 Å². The summed E-state index contributed by atoms with van der Waals surface area (Å²) < 4.78 is 1.98. The Hall–Kier alpha value is -1.58. The van der Waals surface area contributed by atoms with Crippen molar-refractivity contribution in [3.05, 3.63) is 17.6 Å². The molecule has 1 atom stereocenters. The molecule has 1 aliphatic rings. The SMILES string of the molecule is Cc1nc2c(ncn2C)c2c1CCC(C)N2. The van der Waals surface area contributed by atoms with Crippen LogP contribution in [0.2, 0.25) is 0 Å². The Morgan fingerprint density at radius 2 is 2.31 bits per heavy atom. The van der Waals surface area contributed by atoms with Gasteiger partial charge in [0, 0.05) is 18.8 Å². The topological polar surface area (TPSA) is 42.7 Å². The van der Waals surface area contributed by atoms with E-state index in [4.69, 9.17) is 0 Å². The predicted molar refractivity (Wildman–Crippen MR) is 64.7 cm³/mol. The van der Waals surface area contributed by atoms with E-state index in [1.165, 1.54) is 17.7 Å². The maximum absolute atomic E-state index is 4.63. The summed E-state index contributed by atoms with van der Waals surface area (Å²) in [6.07, 6.45) is 4.11. The largest absolute Gasteiger partial charge is 0.380 e. The van der Waals surface area contributed by atoms with Crippen molar-refractivity contribution in [2.75, 3.05) is 5.32 Å². The van der Waals surface area contributed by atoms with Crippen molar-refractivity contribution >= 4 is 16.9 Å². The fourth-order valence-corrected chi connectivity index (χ4v) is 2.42. The third-order valence-electron chi connectivity index (χ3n) is 3.37. The second-order valence-corrected chi connectivity index (χ2v) is 4.66. The highest BCUT2D eigenvalue weighted by molar-refractivity contribution is 5.88. The van der Waals surface area contributed by atoms with E-state index in [9.17, 15) is 0 Å². The second-order valence-electron chi connectivity index (χ2n) is 4.66. The Bertz CT molecular complexity index is 556. The van der Waals surface area contributed by atoms with E-state index < -0.39 is 0 Å². The fraction of sp³-hybridized carbons (Fsp3) is 0.500. The molecular formula is C12H16N4. The molecule has 3 heterocycles. The number of nitrogens with one attached hydrogen (secondary N) is 1. The minimum absolute atomic E-state index is 0.527. The molecule has 0 saturated heterocycles. The number of hydrogen-bond donors (Lipinski definition) is 1. The quantitative estimate of drug-likeness (QED) is 0.732. The van der Waals surface area contributed by atoms with Gasteiger partial charge in [-0.3, -0.25) is 0 Å². The van der Waals surface area contributed by atoms with E-state index in [0.717, 1.165) is 23.3 Å². The fourth-order valence-electron chi connectivity index (χ4n) is 2.42. The summed E-state index contributed by atoms with van der Waals surface area (Å²) in [6.45, 7) is 4.30. The highest BCUT2D eigenvalue weighted by Crippen LogP contribution is 2.32. The summed E-state index contributed by atoms with van der Waals surface area (Å²) in [5.41, 5.74) is 5.64. The van der Waals surface area contributed by atoms with Crippen LogP contribution in [-0.2, 0) is 13.5 Å². The predicted octanol–water partition coefficient (Wildman–Crippen LogP) is 2.02. The van der Waals surface area contributed by atoms with Gasteiger partial charge in [0.25, 0.3) is 0 Å². The van der Waals surface area contributed by atoms with Gasteiger partial charge in [0.15, 0.2) is 5.65 Å². The number of nitrogens with zero attached hydrogens (tertiary/aromatic N) is 3. The number of aromatic nitrogens is 3. The molecule has 0 aromatic carbocycles. The van der Waals surface area contributed by atoms with Crippen LogP contribution in [0.1, 0.15) is 24.6 Å². The van der Waals surface area contributed by atoms with Crippen LogP contribution in [0.3, 0.4) is 0 Å². The molecule has 3 rings (SSSR count). The number of aryl methyl sites for hydroxylation is 2. The van der Waals surface area contributed by atoms with Crippen LogP contribution < -0.4 is 5.32 Å². The molecule has 2 aromatic heterocycles. The van der Waals surface area contributed by atoms with Crippen molar-refractivity contribution < 1.29 is 0 Å². The van der Waals surface area contributed by atoms with Gasteiger partial charge < -0.3 is 9.88 Å². The van der Waals surface area contributed by atoms with Crippen LogP contribution in [0.15, 0.2) is 6.33 Å². The molecule has 0 saturated carbocycles. The van der Waals surface area contributed by atoms with Crippen LogP contribution in [0.5, 0.6) is 0 Å². The summed E-state index contributed by atoms with van der Waals surface area (Å²) in [5.74, 6) is 0. The second kappa shape index (κ2) is 3.20. The van der Waals surface area contributed by atoms with Crippen LogP contribution >= 0.6 is 0 Å². The Morgan fingerprint density at radius 3 is 3.12 bits per heavy atom. The molecule has 0 radical (unpaired) electrons. The zero-order valence-corrected chi connectivity index (χ0v) is 9.91. The first kappa shape index (κ1) is 9.63. The van der Waals surface area contributed by atoms with E-state index in [2.05, 4.69) is 29.1 Å². The molecule has 4 heteroatoms. The van der Waals surface area contributed by atoms with Gasteiger partial charge in [-0.25, -0.2) is 9.97 Å². The van der Waals surface area contributed by atoms with E-state index in [-0.39, 0.29) is 0 Å². The zero-order valence-electron chi connectivity index (χ0n) is 9.91. The van der Waals surface area contributed by atoms with Crippen LogP contribution in [0.4, 0.5) is 5.69 Å². The lowest BCUT2D eigenvalue weighted by Gasteiger charge is -2.25. The van der Waals surface area contributed by atoms with Crippen molar-refractivity contribution in [1.82, 2.24) is 14.5 Å². The molecule has 4 nitrogen and oxygen atoms in total. The van der Waals surface area contributed by atoms with Crippen LogP contribution in [0.25, 0.3) is 11.2 Å². The number of anilines is 1. The number of imidazole rings is 1. The van der Waals surface area contributed by atoms with Crippen molar-refractivity contribution in [2.45, 2.75) is 32.7 Å². The van der Waals surface area contributed by atoms with E-state index in [1.54, 1.807) is 0 Å². The van der Waals surface area contributed by atoms with Crippen molar-refractivity contribution in [2.24, 2.45) is 7.05 Å². The highest BCUT2D eigenvalue weighted by atomic mass is 15.1. The molecule has 1 N–H and O–H groups in total. The van der Waals surface area contributed by atoms with Gasteiger partial charge in [0.1, 0.15) is 5.52 Å². The summed E-state index contributed by atoms with van der Waals surface area (Å²) in [7, 11) is 1.99. The Kier molecular flexibility index (Phi) is 1.93. The van der Waals surface area contributed by atoms with E-state index >= 15 is 0 Å². The minimum Gasteiger partial charge on any atom is -0.380 e. The smallest absolute Gasteiger partial charge is 0.161 e. The van der Waals surface area contributed by atoms with Crippen LogP contribution in [0, 0.1) is 6.92 Å². The lowest BCUT2D eigenvalue weighted by Crippen LogP contribution is -2.23. The molecule has 0 bridgehead atoms. The number of fused-ring (bicyclic) bond motifs is 3. The van der Waals surface area contributed by atoms with Crippen molar-refractivity contribution in [3.63, 3.8) is 0 Å². The Morgan fingerprint density at radius 1 is 1.50 bits per heavy atom. The number of pyridine rings is 1. The summed E-state index contributed by atoms with van der Waals surface area (Å²) in [6, 6.07) is 0.527. The third-order valence-corrected chi connectivity index (χ3v) is 3.37. The normalized spacial score (nSPS) is 19.6. The molecule has 2 aromatic rings. The molecule has 0 spiro atoms. The monoisotopic (exact) mass is 216 g/mol.